The maximum absolute atomic E-state index is 11.8. The zero-order valence-corrected chi connectivity index (χ0v) is 14.4. The number of benzene rings is 2. The first kappa shape index (κ1) is 18.2. The van der Waals surface area contributed by atoms with Crippen LogP contribution in [-0.2, 0) is 4.79 Å². The predicted octanol–water partition coefficient (Wildman–Crippen LogP) is 3.28. The molecule has 0 bridgehead atoms. The van der Waals surface area contributed by atoms with Crippen molar-refractivity contribution in [1.82, 2.24) is 5.32 Å². The van der Waals surface area contributed by atoms with Gasteiger partial charge in [-0.05, 0) is 42.8 Å². The Labute approximate surface area is 148 Å². The van der Waals surface area contributed by atoms with Crippen LogP contribution in [0.2, 0.25) is 0 Å². The molecule has 0 atom stereocenters. The molecule has 0 aliphatic rings. The van der Waals surface area contributed by atoms with Crippen molar-refractivity contribution >= 4 is 12.0 Å². The van der Waals surface area contributed by atoms with E-state index in [9.17, 15) is 4.79 Å². The van der Waals surface area contributed by atoms with Gasteiger partial charge in [-0.2, -0.15) is 0 Å². The maximum atomic E-state index is 11.8. The minimum atomic E-state index is -0.199. The van der Waals surface area contributed by atoms with E-state index in [1.165, 1.54) is 6.08 Å². The molecule has 0 unspecified atom stereocenters. The Hall–Kier alpha value is -3.19. The second kappa shape index (κ2) is 9.84. The van der Waals surface area contributed by atoms with Crippen molar-refractivity contribution in [2.45, 2.75) is 6.92 Å². The summed E-state index contributed by atoms with van der Waals surface area (Å²) in [4.78, 5) is 11.8. The average molecular weight is 335 g/mol. The highest BCUT2D eigenvalue weighted by Crippen LogP contribution is 2.28. The second-order valence-electron chi connectivity index (χ2n) is 5.06. The van der Waals surface area contributed by atoms with Gasteiger partial charge >= 0.3 is 0 Å². The maximum Gasteiger partial charge on any atom is 0.244 e. The Morgan fingerprint density at radius 2 is 1.96 bits per heavy atom. The van der Waals surface area contributed by atoms with Gasteiger partial charge in [0, 0.05) is 11.6 Å². The fourth-order valence-electron chi connectivity index (χ4n) is 2.09. The van der Waals surface area contributed by atoms with Crippen molar-refractivity contribution in [3.63, 3.8) is 0 Å². The van der Waals surface area contributed by atoms with E-state index in [0.29, 0.717) is 24.7 Å². The van der Waals surface area contributed by atoms with E-state index in [-0.39, 0.29) is 5.91 Å². The van der Waals surface area contributed by atoms with Gasteiger partial charge in [-0.25, -0.2) is 0 Å². The lowest BCUT2D eigenvalue weighted by atomic mass is 10.2. The third-order valence-electron chi connectivity index (χ3n) is 3.27. The smallest absolute Gasteiger partial charge is 0.244 e. The van der Waals surface area contributed by atoms with Gasteiger partial charge in [0.2, 0.25) is 5.91 Å². The van der Waals surface area contributed by atoms with E-state index in [4.69, 9.17) is 9.47 Å². The highest BCUT2D eigenvalue weighted by atomic mass is 16.5. The molecule has 0 heterocycles. The van der Waals surface area contributed by atoms with Gasteiger partial charge in [0.15, 0.2) is 11.5 Å². The van der Waals surface area contributed by atoms with Crippen LogP contribution < -0.4 is 14.8 Å². The predicted molar refractivity (Wildman–Crippen MR) is 99.5 cm³/mol. The third kappa shape index (κ3) is 6.08. The molecule has 128 valence electrons. The van der Waals surface area contributed by atoms with Gasteiger partial charge in [0.25, 0.3) is 0 Å². The van der Waals surface area contributed by atoms with E-state index >= 15 is 0 Å². The molecule has 2 aromatic carbocycles. The number of ether oxygens (including phenoxy) is 2. The lowest BCUT2D eigenvalue weighted by molar-refractivity contribution is -0.116. The highest BCUT2D eigenvalue weighted by Gasteiger charge is 2.04. The molecule has 4 nitrogen and oxygen atoms in total. The molecule has 0 aliphatic carbocycles. The van der Waals surface area contributed by atoms with Crippen molar-refractivity contribution in [3.05, 3.63) is 65.7 Å². The molecule has 25 heavy (non-hydrogen) atoms. The summed E-state index contributed by atoms with van der Waals surface area (Å²) < 4.78 is 10.8. The Bertz CT molecular complexity index is 786. The Morgan fingerprint density at radius 1 is 1.16 bits per heavy atom. The monoisotopic (exact) mass is 335 g/mol. The summed E-state index contributed by atoms with van der Waals surface area (Å²) >= 11 is 0. The normalized spacial score (nSPS) is 10.0. The van der Waals surface area contributed by atoms with Crippen molar-refractivity contribution in [2.75, 3.05) is 20.3 Å². The van der Waals surface area contributed by atoms with Gasteiger partial charge in [-0.15, -0.1) is 0 Å². The van der Waals surface area contributed by atoms with E-state index in [1.807, 2.05) is 55.5 Å². The van der Waals surface area contributed by atoms with Crippen LogP contribution in [0.1, 0.15) is 18.1 Å². The van der Waals surface area contributed by atoms with Crippen molar-refractivity contribution < 1.29 is 14.3 Å². The molecule has 2 aromatic rings. The molecule has 0 aliphatic heterocycles. The van der Waals surface area contributed by atoms with Crippen molar-refractivity contribution in [1.29, 1.82) is 0 Å². The third-order valence-corrected chi connectivity index (χ3v) is 3.27. The summed E-state index contributed by atoms with van der Waals surface area (Å²) in [5.74, 6) is 7.03. The lowest BCUT2D eigenvalue weighted by Gasteiger charge is -2.09. The van der Waals surface area contributed by atoms with Crippen LogP contribution in [0.3, 0.4) is 0 Å². The van der Waals surface area contributed by atoms with E-state index in [0.717, 1.165) is 11.1 Å². The number of methoxy groups -OCH3 is 1. The Morgan fingerprint density at radius 3 is 2.68 bits per heavy atom. The van der Waals surface area contributed by atoms with Crippen LogP contribution in [0.15, 0.2) is 54.6 Å². The quantitative estimate of drug-likeness (QED) is 0.651. The van der Waals surface area contributed by atoms with Gasteiger partial charge in [-0.3, -0.25) is 4.79 Å². The number of hydrogen-bond acceptors (Lipinski definition) is 3. The van der Waals surface area contributed by atoms with Gasteiger partial charge < -0.3 is 14.8 Å². The standard InChI is InChI=1S/C21H21NO3/c1-3-25-19-13-11-18(16-20(19)24-2)12-14-21(23)22-15-7-10-17-8-5-4-6-9-17/h4-6,8-9,11-14,16H,3,15H2,1-2H3,(H,22,23)/b14-12+. The van der Waals surface area contributed by atoms with Gasteiger partial charge in [0.05, 0.1) is 20.3 Å². The molecule has 2 rings (SSSR count). The molecule has 1 amide bonds. The fraction of sp³-hybridized carbons (Fsp3) is 0.190. The number of amides is 1. The van der Waals surface area contributed by atoms with E-state index in [2.05, 4.69) is 17.2 Å². The van der Waals surface area contributed by atoms with Crippen LogP contribution in [0.4, 0.5) is 0 Å². The minimum absolute atomic E-state index is 0.199. The summed E-state index contributed by atoms with van der Waals surface area (Å²) in [6.07, 6.45) is 3.19. The topological polar surface area (TPSA) is 47.6 Å². The minimum Gasteiger partial charge on any atom is -0.493 e. The fourth-order valence-corrected chi connectivity index (χ4v) is 2.09. The number of carbonyl (C=O) groups is 1. The molecule has 0 saturated carbocycles. The molecular weight excluding hydrogens is 314 g/mol. The highest BCUT2D eigenvalue weighted by molar-refractivity contribution is 5.91. The van der Waals surface area contributed by atoms with Gasteiger partial charge in [-0.1, -0.05) is 36.1 Å². The lowest BCUT2D eigenvalue weighted by Crippen LogP contribution is -2.20. The van der Waals surface area contributed by atoms with Gasteiger partial charge in [0.1, 0.15) is 0 Å². The molecule has 4 heteroatoms. The van der Waals surface area contributed by atoms with Crippen LogP contribution >= 0.6 is 0 Å². The Kier molecular flexibility index (Phi) is 7.14. The summed E-state index contributed by atoms with van der Waals surface area (Å²) in [5, 5.41) is 2.73. The molecule has 0 spiro atoms. The van der Waals surface area contributed by atoms with Crippen LogP contribution in [0, 0.1) is 11.8 Å². The largest absolute Gasteiger partial charge is 0.493 e. The molecular formula is C21H21NO3. The van der Waals surface area contributed by atoms with Crippen LogP contribution in [0.25, 0.3) is 6.08 Å². The summed E-state index contributed by atoms with van der Waals surface area (Å²) in [6, 6.07) is 15.2. The molecule has 1 N–H and O–H groups in total. The Balaban J connectivity index is 1.89. The zero-order valence-electron chi connectivity index (χ0n) is 14.4. The average Bonchev–Trinajstić information content (AvgIpc) is 2.65. The first-order valence-electron chi connectivity index (χ1n) is 8.03. The number of hydrogen-bond donors (Lipinski definition) is 1. The SMILES string of the molecule is CCOc1ccc(/C=C/C(=O)NCC#Cc2ccccc2)cc1OC. The van der Waals surface area contributed by atoms with Crippen molar-refractivity contribution in [3.8, 4) is 23.3 Å². The second-order valence-corrected chi connectivity index (χ2v) is 5.06. The number of nitrogens with one attached hydrogen (secondary N) is 1. The molecule has 0 saturated heterocycles. The van der Waals surface area contributed by atoms with E-state index in [1.54, 1.807) is 13.2 Å². The number of carbonyl (C=O) groups excluding carboxylic acids is 1. The van der Waals surface area contributed by atoms with Crippen molar-refractivity contribution in [2.24, 2.45) is 0 Å². The summed E-state index contributed by atoms with van der Waals surface area (Å²) in [6.45, 7) is 2.78. The molecule has 0 aromatic heterocycles. The number of rotatable bonds is 6. The summed E-state index contributed by atoms with van der Waals surface area (Å²) in [5.41, 5.74) is 1.78. The first-order valence-corrected chi connectivity index (χ1v) is 8.03. The van der Waals surface area contributed by atoms with Crippen LogP contribution in [0.5, 0.6) is 11.5 Å². The zero-order chi connectivity index (χ0) is 17.9. The summed E-state index contributed by atoms with van der Waals surface area (Å²) in [7, 11) is 1.59. The molecule has 0 fully saturated rings. The first-order chi connectivity index (χ1) is 12.2. The van der Waals surface area contributed by atoms with Crippen LogP contribution in [-0.4, -0.2) is 26.2 Å². The molecule has 0 radical (unpaired) electrons. The van der Waals surface area contributed by atoms with E-state index < -0.39 is 0 Å².